The molecule has 2 rings (SSSR count). The Morgan fingerprint density at radius 2 is 1.95 bits per heavy atom. The van der Waals surface area contributed by atoms with Crippen molar-refractivity contribution < 1.29 is 14.5 Å². The van der Waals surface area contributed by atoms with Crippen LogP contribution in [0.25, 0.3) is 0 Å². The second-order valence-electron chi connectivity index (χ2n) is 4.12. The number of hydrogen-bond acceptors (Lipinski definition) is 4. The summed E-state index contributed by atoms with van der Waals surface area (Å²) >= 11 is 5.99. The second-order valence-corrected chi connectivity index (χ2v) is 4.52. The number of carbonyl (C=O) groups is 1. The van der Waals surface area contributed by atoms with Gasteiger partial charge in [-0.3, -0.25) is 14.9 Å². The Morgan fingerprint density at radius 1 is 1.20 bits per heavy atom. The third-order valence-corrected chi connectivity index (χ3v) is 2.99. The third kappa shape index (κ3) is 2.95. The molecule has 0 aliphatic carbocycles. The molecular formula is C14H10ClNO4. The normalized spacial score (nSPS) is 10.1. The van der Waals surface area contributed by atoms with Gasteiger partial charge in [0, 0.05) is 11.6 Å². The summed E-state index contributed by atoms with van der Waals surface area (Å²) in [6.07, 6.45) is 0.675. The van der Waals surface area contributed by atoms with Crippen molar-refractivity contribution in [1.29, 1.82) is 0 Å². The van der Waals surface area contributed by atoms with Gasteiger partial charge in [-0.05, 0) is 36.8 Å². The Hall–Kier alpha value is -2.40. The highest BCUT2D eigenvalue weighted by Crippen LogP contribution is 2.33. The van der Waals surface area contributed by atoms with Crippen LogP contribution in [0.15, 0.2) is 36.4 Å². The van der Waals surface area contributed by atoms with Crippen molar-refractivity contribution in [3.8, 4) is 11.5 Å². The molecule has 2 aromatic carbocycles. The van der Waals surface area contributed by atoms with E-state index >= 15 is 0 Å². The highest BCUT2D eigenvalue weighted by molar-refractivity contribution is 6.32. The van der Waals surface area contributed by atoms with Gasteiger partial charge in [0.15, 0.2) is 0 Å². The highest BCUT2D eigenvalue weighted by Gasteiger charge is 2.12. The number of halogens is 1. The van der Waals surface area contributed by atoms with Gasteiger partial charge in [-0.25, -0.2) is 0 Å². The van der Waals surface area contributed by atoms with Crippen molar-refractivity contribution in [2.45, 2.75) is 6.92 Å². The number of aldehydes is 1. The molecule has 0 heterocycles. The molecule has 0 aliphatic heterocycles. The van der Waals surface area contributed by atoms with Crippen LogP contribution < -0.4 is 4.74 Å². The maximum absolute atomic E-state index is 10.8. The van der Waals surface area contributed by atoms with Crippen molar-refractivity contribution in [3.05, 3.63) is 62.7 Å². The summed E-state index contributed by atoms with van der Waals surface area (Å²) in [4.78, 5) is 20.9. The molecule has 0 spiro atoms. The molecule has 0 aromatic heterocycles. The lowest BCUT2D eigenvalue weighted by atomic mass is 10.2. The molecule has 0 bridgehead atoms. The SMILES string of the molecule is Cc1ccc([N+](=O)[O-])cc1Oc1ccc(C=O)cc1Cl. The number of aryl methyl sites for hydroxylation is 1. The maximum atomic E-state index is 10.8. The summed E-state index contributed by atoms with van der Waals surface area (Å²) in [7, 11) is 0. The summed E-state index contributed by atoms with van der Waals surface area (Å²) in [5, 5.41) is 11.0. The minimum Gasteiger partial charge on any atom is -0.455 e. The summed E-state index contributed by atoms with van der Waals surface area (Å²) in [6, 6.07) is 8.90. The van der Waals surface area contributed by atoms with Crippen LogP contribution in [0.4, 0.5) is 5.69 Å². The zero-order valence-corrected chi connectivity index (χ0v) is 11.3. The van der Waals surface area contributed by atoms with Crippen LogP contribution in [0.1, 0.15) is 15.9 Å². The number of ether oxygens (including phenoxy) is 1. The second kappa shape index (κ2) is 5.71. The molecule has 0 fully saturated rings. The minimum absolute atomic E-state index is 0.0637. The average Bonchev–Trinajstić information content (AvgIpc) is 2.42. The van der Waals surface area contributed by atoms with Crippen LogP contribution in [-0.2, 0) is 0 Å². The van der Waals surface area contributed by atoms with Gasteiger partial charge < -0.3 is 4.74 Å². The molecule has 0 N–H and O–H groups in total. The van der Waals surface area contributed by atoms with Crippen LogP contribution in [0.2, 0.25) is 5.02 Å². The standard InChI is InChI=1S/C14H10ClNO4/c1-9-2-4-11(16(18)19)7-14(9)20-13-5-3-10(8-17)6-12(13)15/h2-8H,1H3. The first-order chi connectivity index (χ1) is 9.51. The van der Waals surface area contributed by atoms with Crippen molar-refractivity contribution >= 4 is 23.6 Å². The fourth-order valence-electron chi connectivity index (χ4n) is 1.60. The Kier molecular flexibility index (Phi) is 4.00. The lowest BCUT2D eigenvalue weighted by molar-refractivity contribution is -0.384. The maximum Gasteiger partial charge on any atom is 0.273 e. The molecule has 0 saturated carbocycles. The van der Waals surface area contributed by atoms with E-state index in [4.69, 9.17) is 16.3 Å². The van der Waals surface area contributed by atoms with Gasteiger partial charge in [0.2, 0.25) is 0 Å². The molecule has 102 valence electrons. The van der Waals surface area contributed by atoms with Crippen molar-refractivity contribution in [2.75, 3.05) is 0 Å². The smallest absolute Gasteiger partial charge is 0.273 e. The predicted octanol–water partition coefficient (Wildman–Crippen LogP) is 4.16. The van der Waals surface area contributed by atoms with Gasteiger partial charge in [-0.2, -0.15) is 0 Å². The predicted molar refractivity (Wildman–Crippen MR) is 74.7 cm³/mol. The number of rotatable bonds is 4. The molecule has 0 atom stereocenters. The van der Waals surface area contributed by atoms with E-state index in [-0.39, 0.29) is 10.7 Å². The van der Waals surface area contributed by atoms with Crippen molar-refractivity contribution in [3.63, 3.8) is 0 Å². The molecule has 20 heavy (non-hydrogen) atoms. The quantitative estimate of drug-likeness (QED) is 0.482. The number of hydrogen-bond donors (Lipinski definition) is 0. The number of nitrogens with zero attached hydrogens (tertiary/aromatic N) is 1. The zero-order valence-electron chi connectivity index (χ0n) is 10.5. The lowest BCUT2D eigenvalue weighted by Gasteiger charge is -2.10. The Balaban J connectivity index is 2.36. The average molecular weight is 292 g/mol. The minimum atomic E-state index is -0.497. The monoisotopic (exact) mass is 291 g/mol. The summed E-state index contributed by atoms with van der Waals surface area (Å²) in [5.41, 5.74) is 1.11. The number of nitro benzene ring substituents is 1. The summed E-state index contributed by atoms with van der Waals surface area (Å²) < 4.78 is 5.58. The zero-order chi connectivity index (χ0) is 14.7. The van der Waals surface area contributed by atoms with E-state index in [2.05, 4.69) is 0 Å². The Labute approximate surface area is 119 Å². The summed E-state index contributed by atoms with van der Waals surface area (Å²) in [5.74, 6) is 0.681. The number of non-ortho nitro benzene ring substituents is 1. The molecule has 0 saturated heterocycles. The van der Waals surface area contributed by atoms with E-state index in [1.165, 1.54) is 18.2 Å². The molecule has 6 heteroatoms. The van der Waals surface area contributed by atoms with Gasteiger partial charge >= 0.3 is 0 Å². The number of nitro groups is 1. The molecular weight excluding hydrogens is 282 g/mol. The largest absolute Gasteiger partial charge is 0.455 e. The van der Waals surface area contributed by atoms with Crippen LogP contribution in [0.3, 0.4) is 0 Å². The van der Waals surface area contributed by atoms with Crippen molar-refractivity contribution in [2.24, 2.45) is 0 Å². The van der Waals surface area contributed by atoms with Gasteiger partial charge in [-0.1, -0.05) is 11.6 Å². The molecule has 0 unspecified atom stereocenters. The lowest BCUT2D eigenvalue weighted by Crippen LogP contribution is -1.93. The number of carbonyl (C=O) groups excluding carboxylic acids is 1. The van der Waals surface area contributed by atoms with Gasteiger partial charge in [0.1, 0.15) is 17.8 Å². The van der Waals surface area contributed by atoms with E-state index in [1.807, 2.05) is 0 Å². The Morgan fingerprint density at radius 3 is 2.55 bits per heavy atom. The molecule has 0 aliphatic rings. The molecule has 5 nitrogen and oxygen atoms in total. The fourth-order valence-corrected chi connectivity index (χ4v) is 1.83. The fraction of sp³-hybridized carbons (Fsp3) is 0.0714. The van der Waals surface area contributed by atoms with Crippen LogP contribution in [0.5, 0.6) is 11.5 Å². The van der Waals surface area contributed by atoms with E-state index in [0.717, 1.165) is 5.56 Å². The van der Waals surface area contributed by atoms with E-state index in [9.17, 15) is 14.9 Å². The van der Waals surface area contributed by atoms with Gasteiger partial charge in [0.25, 0.3) is 5.69 Å². The van der Waals surface area contributed by atoms with Crippen molar-refractivity contribution in [1.82, 2.24) is 0 Å². The first kappa shape index (κ1) is 14.0. The first-order valence-corrected chi connectivity index (χ1v) is 6.06. The molecule has 0 radical (unpaired) electrons. The molecule has 2 aromatic rings. The topological polar surface area (TPSA) is 69.4 Å². The first-order valence-electron chi connectivity index (χ1n) is 5.69. The van der Waals surface area contributed by atoms with Crippen LogP contribution >= 0.6 is 11.6 Å². The number of benzene rings is 2. The molecule has 0 amide bonds. The van der Waals surface area contributed by atoms with E-state index < -0.39 is 4.92 Å². The van der Waals surface area contributed by atoms with E-state index in [1.54, 1.807) is 25.1 Å². The summed E-state index contributed by atoms with van der Waals surface area (Å²) in [6.45, 7) is 1.77. The van der Waals surface area contributed by atoms with Gasteiger partial charge in [0.05, 0.1) is 16.0 Å². The van der Waals surface area contributed by atoms with E-state index in [0.29, 0.717) is 23.3 Å². The van der Waals surface area contributed by atoms with Gasteiger partial charge in [-0.15, -0.1) is 0 Å². The highest BCUT2D eigenvalue weighted by atomic mass is 35.5. The third-order valence-electron chi connectivity index (χ3n) is 2.69. The Bertz CT molecular complexity index is 685. The van der Waals surface area contributed by atoms with Crippen LogP contribution in [-0.4, -0.2) is 11.2 Å². The van der Waals surface area contributed by atoms with Crippen LogP contribution in [0, 0.1) is 17.0 Å².